The van der Waals surface area contributed by atoms with Gasteiger partial charge in [-0.15, -0.1) is 24.0 Å². The van der Waals surface area contributed by atoms with E-state index in [-0.39, 0.29) is 41.7 Å². The Morgan fingerprint density at radius 3 is 2.48 bits per heavy atom. The first kappa shape index (κ1) is 24.9. The van der Waals surface area contributed by atoms with E-state index in [9.17, 15) is 8.78 Å². The van der Waals surface area contributed by atoms with Gasteiger partial charge in [-0.3, -0.25) is 4.99 Å². The fourth-order valence-electron chi connectivity index (χ4n) is 2.33. The summed E-state index contributed by atoms with van der Waals surface area (Å²) in [6.07, 6.45) is 1.71. The van der Waals surface area contributed by atoms with Crippen molar-refractivity contribution in [3.8, 4) is 11.5 Å². The Morgan fingerprint density at radius 2 is 1.93 bits per heavy atom. The number of alkyl halides is 2. The second-order valence-corrected chi connectivity index (χ2v) is 7.00. The predicted octanol–water partition coefficient (Wildman–Crippen LogP) is 4.07. The lowest BCUT2D eigenvalue weighted by atomic mass is 9.94. The summed E-state index contributed by atoms with van der Waals surface area (Å²) < 4.78 is 40.7. The Bertz CT molecular complexity index is 807. The van der Waals surface area contributed by atoms with Gasteiger partial charge < -0.3 is 24.5 Å². The van der Waals surface area contributed by atoms with Crippen molar-refractivity contribution >= 4 is 29.9 Å². The zero-order valence-corrected chi connectivity index (χ0v) is 19.4. The third-order valence-corrected chi connectivity index (χ3v) is 3.85. The van der Waals surface area contributed by atoms with Crippen LogP contribution < -0.4 is 20.1 Å². The zero-order valence-electron chi connectivity index (χ0n) is 17.1. The smallest absolute Gasteiger partial charge is 0.387 e. The lowest BCUT2D eigenvalue weighted by Crippen LogP contribution is -2.36. The van der Waals surface area contributed by atoms with Crippen molar-refractivity contribution in [2.45, 2.75) is 45.9 Å². The van der Waals surface area contributed by atoms with Gasteiger partial charge in [-0.2, -0.15) is 8.78 Å². The Morgan fingerprint density at radius 1 is 1.24 bits per heavy atom. The number of nitrogens with one attached hydrogen (secondary N) is 2. The number of methoxy groups -OCH3 is 1. The van der Waals surface area contributed by atoms with Gasteiger partial charge in [0.15, 0.2) is 5.96 Å². The van der Waals surface area contributed by atoms with Gasteiger partial charge in [0.2, 0.25) is 5.89 Å². The van der Waals surface area contributed by atoms with Crippen molar-refractivity contribution in [3.63, 3.8) is 0 Å². The number of oxazole rings is 1. The number of ether oxygens (including phenoxy) is 2. The van der Waals surface area contributed by atoms with E-state index in [1.807, 2.05) is 20.8 Å². The molecule has 10 heteroatoms. The molecule has 0 fully saturated rings. The number of guanidine groups is 1. The maximum Gasteiger partial charge on any atom is 0.387 e. The standard InChI is InChI=1S/C19H26F2N4O3.HI/c1-19(2,3)15-10-23-16(28-15)11-25-18(22-4)24-9-12-8-13(26-5)6-7-14(12)27-17(20)21;/h6-8,10,17H,9,11H2,1-5H3,(H2,22,24,25);1H. The SMILES string of the molecule is CN=C(NCc1ncc(C(C)(C)C)o1)NCc1cc(OC)ccc1OC(F)F.I. The number of benzene rings is 1. The van der Waals surface area contributed by atoms with Crippen LogP contribution in [0.3, 0.4) is 0 Å². The molecule has 0 saturated heterocycles. The summed E-state index contributed by atoms with van der Waals surface area (Å²) in [6.45, 7) is 3.74. The first-order valence-corrected chi connectivity index (χ1v) is 8.74. The van der Waals surface area contributed by atoms with Crippen molar-refractivity contribution in [1.29, 1.82) is 0 Å². The van der Waals surface area contributed by atoms with Crippen LogP contribution in [0.5, 0.6) is 11.5 Å². The van der Waals surface area contributed by atoms with Crippen LogP contribution in [0, 0.1) is 0 Å². The van der Waals surface area contributed by atoms with E-state index in [1.54, 1.807) is 25.4 Å². The largest absolute Gasteiger partial charge is 0.497 e. The Kier molecular flexibility index (Phi) is 9.60. The van der Waals surface area contributed by atoms with Crippen molar-refractivity contribution in [3.05, 3.63) is 41.6 Å². The molecule has 29 heavy (non-hydrogen) atoms. The molecule has 0 aliphatic rings. The average Bonchev–Trinajstić information content (AvgIpc) is 3.12. The van der Waals surface area contributed by atoms with Crippen LogP contribution in [0.15, 0.2) is 33.8 Å². The molecule has 0 atom stereocenters. The maximum absolute atomic E-state index is 12.6. The van der Waals surface area contributed by atoms with E-state index in [2.05, 4.69) is 25.3 Å². The zero-order chi connectivity index (χ0) is 20.7. The summed E-state index contributed by atoms with van der Waals surface area (Å²) in [5.41, 5.74) is 0.382. The molecule has 2 aromatic rings. The molecule has 1 aromatic heterocycles. The predicted molar refractivity (Wildman–Crippen MR) is 117 cm³/mol. The van der Waals surface area contributed by atoms with Crippen molar-refractivity contribution in [2.75, 3.05) is 14.2 Å². The fourth-order valence-corrected chi connectivity index (χ4v) is 2.33. The van der Waals surface area contributed by atoms with Gasteiger partial charge in [-0.1, -0.05) is 20.8 Å². The van der Waals surface area contributed by atoms with Gasteiger partial charge in [-0.25, -0.2) is 4.98 Å². The number of aliphatic imine (C=N–C) groups is 1. The highest BCUT2D eigenvalue weighted by Crippen LogP contribution is 2.25. The first-order chi connectivity index (χ1) is 13.2. The van der Waals surface area contributed by atoms with Crippen LogP contribution >= 0.6 is 24.0 Å². The summed E-state index contributed by atoms with van der Waals surface area (Å²) >= 11 is 0. The molecule has 0 saturated carbocycles. The first-order valence-electron chi connectivity index (χ1n) is 8.74. The number of nitrogens with zero attached hydrogens (tertiary/aromatic N) is 2. The molecule has 7 nitrogen and oxygen atoms in total. The molecule has 0 bridgehead atoms. The Balaban J connectivity index is 0.00000420. The van der Waals surface area contributed by atoms with Gasteiger partial charge in [0, 0.05) is 24.6 Å². The second kappa shape index (κ2) is 11.2. The lowest BCUT2D eigenvalue weighted by molar-refractivity contribution is -0.0505. The second-order valence-electron chi connectivity index (χ2n) is 7.00. The van der Waals surface area contributed by atoms with Crippen LogP contribution in [0.2, 0.25) is 0 Å². The number of hydrogen-bond donors (Lipinski definition) is 2. The van der Waals surface area contributed by atoms with Gasteiger partial charge in [0.1, 0.15) is 17.3 Å². The average molecular weight is 524 g/mol. The molecule has 2 rings (SSSR count). The monoisotopic (exact) mass is 524 g/mol. The molecule has 0 aliphatic carbocycles. The van der Waals surface area contributed by atoms with Gasteiger partial charge in [-0.05, 0) is 18.2 Å². The highest BCUT2D eigenvalue weighted by atomic mass is 127. The Labute approximate surface area is 186 Å². The maximum atomic E-state index is 12.6. The topological polar surface area (TPSA) is 80.9 Å². The van der Waals surface area contributed by atoms with E-state index in [0.29, 0.717) is 29.7 Å². The van der Waals surface area contributed by atoms with Crippen LogP contribution in [-0.4, -0.2) is 31.7 Å². The number of halogens is 3. The summed E-state index contributed by atoms with van der Waals surface area (Å²) in [6, 6.07) is 4.63. The molecule has 1 aromatic carbocycles. The third kappa shape index (κ3) is 7.67. The molecule has 2 N–H and O–H groups in total. The van der Waals surface area contributed by atoms with Gasteiger partial charge >= 0.3 is 6.61 Å². The van der Waals surface area contributed by atoms with E-state index >= 15 is 0 Å². The van der Waals surface area contributed by atoms with Crippen molar-refractivity contribution in [1.82, 2.24) is 15.6 Å². The van der Waals surface area contributed by atoms with E-state index in [4.69, 9.17) is 9.15 Å². The minimum Gasteiger partial charge on any atom is -0.497 e. The molecule has 0 radical (unpaired) electrons. The molecule has 0 unspecified atom stereocenters. The normalized spacial score (nSPS) is 11.8. The van der Waals surface area contributed by atoms with E-state index < -0.39 is 6.61 Å². The highest BCUT2D eigenvalue weighted by molar-refractivity contribution is 14.0. The van der Waals surface area contributed by atoms with Gasteiger partial charge in [0.25, 0.3) is 0 Å². The number of rotatable bonds is 7. The molecule has 0 amide bonds. The minimum absolute atomic E-state index is 0. The Hall–Kier alpha value is -2.11. The number of aromatic nitrogens is 1. The van der Waals surface area contributed by atoms with Crippen LogP contribution in [-0.2, 0) is 18.5 Å². The highest BCUT2D eigenvalue weighted by Gasteiger charge is 2.19. The molecule has 0 aliphatic heterocycles. The van der Waals surface area contributed by atoms with Crippen molar-refractivity contribution < 1.29 is 22.7 Å². The molecular formula is C19H27F2IN4O3. The molecule has 0 spiro atoms. The number of hydrogen-bond acceptors (Lipinski definition) is 5. The molecule has 162 valence electrons. The summed E-state index contributed by atoms with van der Waals surface area (Å²) in [5.74, 6) is 2.38. The van der Waals surface area contributed by atoms with Crippen molar-refractivity contribution in [2.24, 2.45) is 4.99 Å². The van der Waals surface area contributed by atoms with Gasteiger partial charge in [0.05, 0.1) is 19.9 Å². The molecule has 1 heterocycles. The van der Waals surface area contributed by atoms with E-state index in [1.165, 1.54) is 13.2 Å². The summed E-state index contributed by atoms with van der Waals surface area (Å²) in [4.78, 5) is 8.36. The lowest BCUT2D eigenvalue weighted by Gasteiger charge is -2.15. The quantitative estimate of drug-likeness (QED) is 0.323. The van der Waals surface area contributed by atoms with Crippen LogP contribution in [0.1, 0.15) is 38.0 Å². The van der Waals surface area contributed by atoms with E-state index in [0.717, 1.165) is 5.76 Å². The summed E-state index contributed by atoms with van der Waals surface area (Å²) in [7, 11) is 3.11. The molecular weight excluding hydrogens is 497 g/mol. The minimum atomic E-state index is -2.91. The van der Waals surface area contributed by atoms with Crippen LogP contribution in [0.4, 0.5) is 8.78 Å². The summed E-state index contributed by atoms with van der Waals surface area (Å²) in [5, 5.41) is 6.12. The third-order valence-electron chi connectivity index (χ3n) is 3.85. The van der Waals surface area contributed by atoms with Crippen LogP contribution in [0.25, 0.3) is 0 Å². The fraction of sp³-hybridized carbons (Fsp3) is 0.474.